The molecule has 186 valence electrons. The number of para-hydroxylation sites is 1. The van der Waals surface area contributed by atoms with E-state index in [1.54, 1.807) is 12.0 Å². The maximum atomic E-state index is 13.4. The van der Waals surface area contributed by atoms with Crippen LogP contribution in [0.5, 0.6) is 11.5 Å². The van der Waals surface area contributed by atoms with Gasteiger partial charge in [-0.1, -0.05) is 71.4 Å². The molecule has 6 nitrogen and oxygen atoms in total. The van der Waals surface area contributed by atoms with Gasteiger partial charge in [-0.05, 0) is 47.6 Å². The number of rotatable bonds is 12. The van der Waals surface area contributed by atoms with Gasteiger partial charge in [0.15, 0.2) is 6.61 Å². The van der Waals surface area contributed by atoms with Crippen LogP contribution >= 0.6 is 0 Å². The summed E-state index contributed by atoms with van der Waals surface area (Å²) >= 11 is 0. The lowest BCUT2D eigenvalue weighted by atomic mass is 9.86. The Bertz CT molecular complexity index is 919. The highest BCUT2D eigenvalue weighted by Crippen LogP contribution is 2.31. The molecule has 1 atom stereocenters. The average molecular weight is 469 g/mol. The standard InChI is InChI=1S/C28H40N2O4/c1-7-9-18-29-27(32)24(8-2)30(19-21-14-16-22(33-6)17-15-21)26(31)20-34-25-13-11-10-12-23(25)28(3,4)5/h10-17,24H,7-9,18-20H2,1-6H3,(H,29,32). The normalized spacial score (nSPS) is 12.1. The number of ether oxygens (including phenoxy) is 2. The number of benzene rings is 2. The summed E-state index contributed by atoms with van der Waals surface area (Å²) < 4.78 is 11.3. The van der Waals surface area contributed by atoms with Crippen LogP contribution < -0.4 is 14.8 Å². The van der Waals surface area contributed by atoms with Crippen molar-refractivity contribution in [1.29, 1.82) is 0 Å². The van der Waals surface area contributed by atoms with Gasteiger partial charge in [0, 0.05) is 13.1 Å². The summed E-state index contributed by atoms with van der Waals surface area (Å²) in [6.45, 7) is 11.1. The number of carbonyl (C=O) groups excluding carboxylic acids is 2. The van der Waals surface area contributed by atoms with Crippen molar-refractivity contribution in [2.24, 2.45) is 0 Å². The maximum Gasteiger partial charge on any atom is 0.261 e. The Morgan fingerprint density at radius 3 is 2.29 bits per heavy atom. The van der Waals surface area contributed by atoms with Gasteiger partial charge in [-0.15, -0.1) is 0 Å². The van der Waals surface area contributed by atoms with E-state index in [-0.39, 0.29) is 23.8 Å². The van der Waals surface area contributed by atoms with Gasteiger partial charge in [0.25, 0.3) is 5.91 Å². The number of unbranched alkanes of at least 4 members (excludes halogenated alkanes) is 1. The number of methoxy groups -OCH3 is 1. The predicted molar refractivity (Wildman–Crippen MR) is 136 cm³/mol. The molecule has 2 amide bonds. The van der Waals surface area contributed by atoms with Crippen molar-refractivity contribution < 1.29 is 19.1 Å². The van der Waals surface area contributed by atoms with E-state index in [9.17, 15) is 9.59 Å². The summed E-state index contributed by atoms with van der Waals surface area (Å²) in [4.78, 5) is 28.0. The largest absolute Gasteiger partial charge is 0.497 e. The summed E-state index contributed by atoms with van der Waals surface area (Å²) in [7, 11) is 1.62. The Hall–Kier alpha value is -3.02. The Morgan fingerprint density at radius 2 is 1.71 bits per heavy atom. The fourth-order valence-corrected chi connectivity index (χ4v) is 3.79. The van der Waals surface area contributed by atoms with Crippen molar-refractivity contribution in [3.63, 3.8) is 0 Å². The molecule has 34 heavy (non-hydrogen) atoms. The molecule has 2 aromatic carbocycles. The topological polar surface area (TPSA) is 67.9 Å². The SMILES string of the molecule is CCCCNC(=O)C(CC)N(Cc1ccc(OC)cc1)C(=O)COc1ccccc1C(C)(C)C. The van der Waals surface area contributed by atoms with Crippen LogP contribution in [0.25, 0.3) is 0 Å². The van der Waals surface area contributed by atoms with E-state index in [0.29, 0.717) is 25.3 Å². The lowest BCUT2D eigenvalue weighted by Crippen LogP contribution is -2.50. The summed E-state index contributed by atoms with van der Waals surface area (Å²) in [5.41, 5.74) is 1.84. The first-order valence-electron chi connectivity index (χ1n) is 12.1. The number of amides is 2. The van der Waals surface area contributed by atoms with Gasteiger partial charge in [-0.3, -0.25) is 9.59 Å². The van der Waals surface area contributed by atoms with Gasteiger partial charge < -0.3 is 19.7 Å². The highest BCUT2D eigenvalue weighted by molar-refractivity contribution is 5.88. The molecule has 0 aliphatic rings. The summed E-state index contributed by atoms with van der Waals surface area (Å²) in [6.07, 6.45) is 2.41. The molecular weight excluding hydrogens is 428 g/mol. The molecule has 0 radical (unpaired) electrons. The zero-order chi connectivity index (χ0) is 25.1. The smallest absolute Gasteiger partial charge is 0.261 e. The Kier molecular flexibility index (Phi) is 10.4. The Labute approximate surface area is 204 Å². The first kappa shape index (κ1) is 27.2. The monoisotopic (exact) mass is 468 g/mol. The minimum absolute atomic E-state index is 0.118. The highest BCUT2D eigenvalue weighted by Gasteiger charge is 2.29. The van der Waals surface area contributed by atoms with E-state index in [0.717, 1.165) is 29.7 Å². The second kappa shape index (κ2) is 13.0. The minimum atomic E-state index is -0.576. The summed E-state index contributed by atoms with van der Waals surface area (Å²) in [6, 6.07) is 14.7. The molecule has 2 rings (SSSR count). The van der Waals surface area contributed by atoms with E-state index in [1.807, 2.05) is 55.5 Å². The van der Waals surface area contributed by atoms with Gasteiger partial charge >= 0.3 is 0 Å². The van der Waals surface area contributed by atoms with Gasteiger partial charge in [0.2, 0.25) is 5.91 Å². The van der Waals surface area contributed by atoms with Gasteiger partial charge in [-0.25, -0.2) is 0 Å². The van der Waals surface area contributed by atoms with Crippen LogP contribution in [0.2, 0.25) is 0 Å². The molecule has 0 heterocycles. The van der Waals surface area contributed by atoms with E-state index in [1.165, 1.54) is 0 Å². The molecule has 0 fully saturated rings. The molecular formula is C28H40N2O4. The molecule has 0 aromatic heterocycles. The van der Waals surface area contributed by atoms with E-state index >= 15 is 0 Å². The fourth-order valence-electron chi connectivity index (χ4n) is 3.79. The molecule has 1 unspecified atom stereocenters. The third-order valence-corrected chi connectivity index (χ3v) is 5.77. The number of hydrogen-bond donors (Lipinski definition) is 1. The number of hydrogen-bond acceptors (Lipinski definition) is 4. The zero-order valence-corrected chi connectivity index (χ0v) is 21.5. The summed E-state index contributed by atoms with van der Waals surface area (Å²) in [5, 5.41) is 2.98. The molecule has 6 heteroatoms. The van der Waals surface area contributed by atoms with Crippen LogP contribution in [0.4, 0.5) is 0 Å². The van der Waals surface area contributed by atoms with E-state index in [2.05, 4.69) is 33.0 Å². The first-order chi connectivity index (χ1) is 16.2. The zero-order valence-electron chi connectivity index (χ0n) is 21.5. The lowest BCUT2D eigenvalue weighted by molar-refractivity contribution is -0.143. The summed E-state index contributed by atoms with van der Waals surface area (Å²) in [5.74, 6) is 1.08. The van der Waals surface area contributed by atoms with Crippen molar-refractivity contribution in [2.45, 2.75) is 71.9 Å². The molecule has 0 aliphatic carbocycles. The molecule has 1 N–H and O–H groups in total. The fraction of sp³-hybridized carbons (Fsp3) is 0.500. The van der Waals surface area contributed by atoms with Crippen LogP contribution in [0.1, 0.15) is 65.0 Å². The average Bonchev–Trinajstić information content (AvgIpc) is 2.82. The molecule has 0 saturated carbocycles. The number of carbonyl (C=O) groups is 2. The highest BCUT2D eigenvalue weighted by atomic mass is 16.5. The van der Waals surface area contributed by atoms with Gasteiger partial charge in [-0.2, -0.15) is 0 Å². The Balaban J connectivity index is 2.24. The predicted octanol–water partition coefficient (Wildman–Crippen LogP) is 5.10. The second-order valence-electron chi connectivity index (χ2n) is 9.47. The van der Waals surface area contributed by atoms with Crippen molar-refractivity contribution in [2.75, 3.05) is 20.3 Å². The van der Waals surface area contributed by atoms with Crippen LogP contribution in [-0.2, 0) is 21.5 Å². The minimum Gasteiger partial charge on any atom is -0.497 e. The van der Waals surface area contributed by atoms with Crippen molar-refractivity contribution in [3.8, 4) is 11.5 Å². The van der Waals surface area contributed by atoms with Crippen molar-refractivity contribution in [3.05, 3.63) is 59.7 Å². The van der Waals surface area contributed by atoms with Crippen LogP contribution in [0.15, 0.2) is 48.5 Å². The van der Waals surface area contributed by atoms with Crippen LogP contribution in [0, 0.1) is 0 Å². The molecule has 0 saturated heterocycles. The number of nitrogens with one attached hydrogen (secondary N) is 1. The van der Waals surface area contributed by atoms with Crippen LogP contribution in [0.3, 0.4) is 0 Å². The Morgan fingerprint density at radius 1 is 1.03 bits per heavy atom. The van der Waals surface area contributed by atoms with Crippen molar-refractivity contribution in [1.82, 2.24) is 10.2 Å². The van der Waals surface area contributed by atoms with Gasteiger partial charge in [0.1, 0.15) is 17.5 Å². The number of nitrogens with zero attached hydrogens (tertiary/aromatic N) is 1. The second-order valence-corrected chi connectivity index (χ2v) is 9.47. The molecule has 0 aliphatic heterocycles. The van der Waals surface area contributed by atoms with E-state index in [4.69, 9.17) is 9.47 Å². The third-order valence-electron chi connectivity index (χ3n) is 5.77. The molecule has 0 bridgehead atoms. The van der Waals surface area contributed by atoms with Crippen molar-refractivity contribution >= 4 is 11.8 Å². The van der Waals surface area contributed by atoms with Crippen LogP contribution in [-0.4, -0.2) is 43.0 Å². The first-order valence-corrected chi connectivity index (χ1v) is 12.1. The molecule has 2 aromatic rings. The van der Waals surface area contributed by atoms with Gasteiger partial charge in [0.05, 0.1) is 7.11 Å². The van der Waals surface area contributed by atoms with E-state index < -0.39 is 6.04 Å². The third kappa shape index (κ3) is 7.79. The lowest BCUT2D eigenvalue weighted by Gasteiger charge is -2.31. The quantitative estimate of drug-likeness (QED) is 0.440. The molecule has 0 spiro atoms. The maximum absolute atomic E-state index is 13.4.